The van der Waals surface area contributed by atoms with Gasteiger partial charge in [-0.25, -0.2) is 13.8 Å². The van der Waals surface area contributed by atoms with Gasteiger partial charge in [0, 0.05) is 12.1 Å². The molecule has 152 valence electrons. The number of halogens is 2. The van der Waals surface area contributed by atoms with E-state index in [0.29, 0.717) is 23.5 Å². The fourth-order valence-corrected chi connectivity index (χ4v) is 4.10. The molecule has 1 unspecified atom stereocenters. The van der Waals surface area contributed by atoms with E-state index in [1.807, 2.05) is 42.5 Å². The van der Waals surface area contributed by atoms with E-state index in [0.717, 1.165) is 16.3 Å². The number of carbonyl (C=O) groups is 1. The van der Waals surface area contributed by atoms with Crippen molar-refractivity contribution in [2.75, 3.05) is 4.90 Å². The average Bonchev–Trinajstić information content (AvgIpc) is 3.11. The molecule has 0 aliphatic carbocycles. The van der Waals surface area contributed by atoms with Crippen LogP contribution in [0.3, 0.4) is 0 Å². The second-order valence-electron chi connectivity index (χ2n) is 7.47. The number of rotatable bonds is 3. The maximum Gasteiger partial charge on any atom is 0.273 e. The van der Waals surface area contributed by atoms with Crippen molar-refractivity contribution >= 4 is 33.8 Å². The summed E-state index contributed by atoms with van der Waals surface area (Å²) in [5.41, 5.74) is 2.50. The molecule has 5 heteroatoms. The highest BCUT2D eigenvalue weighted by molar-refractivity contribution is 6.46. The van der Waals surface area contributed by atoms with Crippen molar-refractivity contribution in [2.24, 2.45) is 4.99 Å². The fourth-order valence-electron chi connectivity index (χ4n) is 4.10. The van der Waals surface area contributed by atoms with Crippen LogP contribution in [-0.2, 0) is 4.79 Å². The third kappa shape index (κ3) is 3.59. The molecular formula is C26H18F2N2O. The Hall–Kier alpha value is -3.86. The summed E-state index contributed by atoms with van der Waals surface area (Å²) in [7, 11) is 0. The molecular weight excluding hydrogens is 394 g/mol. The van der Waals surface area contributed by atoms with Crippen LogP contribution in [0.15, 0.2) is 96.0 Å². The zero-order chi connectivity index (χ0) is 21.4. The standard InChI is InChI=1S/C26H18F2N2O/c27-18-8-12-20(13-9-18)29-24-16-25(23-7-3-5-17-4-1-2-6-22(17)23)30(26(24)31)21-14-10-19(28)11-15-21/h1-15,25H,16H2. The van der Waals surface area contributed by atoms with Crippen molar-refractivity contribution in [2.45, 2.75) is 12.5 Å². The molecule has 5 rings (SSSR count). The summed E-state index contributed by atoms with van der Waals surface area (Å²) >= 11 is 0. The molecule has 4 aromatic carbocycles. The molecule has 0 aromatic heterocycles. The van der Waals surface area contributed by atoms with Crippen LogP contribution >= 0.6 is 0 Å². The maximum atomic E-state index is 13.5. The minimum Gasteiger partial charge on any atom is -0.299 e. The van der Waals surface area contributed by atoms with Crippen LogP contribution in [0, 0.1) is 11.6 Å². The molecule has 0 radical (unpaired) electrons. The smallest absolute Gasteiger partial charge is 0.273 e. The van der Waals surface area contributed by atoms with E-state index in [2.05, 4.69) is 4.99 Å². The van der Waals surface area contributed by atoms with E-state index in [1.165, 1.54) is 24.3 Å². The monoisotopic (exact) mass is 412 g/mol. The van der Waals surface area contributed by atoms with Gasteiger partial charge in [-0.3, -0.25) is 9.69 Å². The minimum absolute atomic E-state index is 0.242. The number of fused-ring (bicyclic) bond motifs is 1. The van der Waals surface area contributed by atoms with Crippen molar-refractivity contribution in [3.8, 4) is 0 Å². The molecule has 31 heavy (non-hydrogen) atoms. The number of benzene rings is 4. The van der Waals surface area contributed by atoms with Gasteiger partial charge in [0.1, 0.15) is 17.3 Å². The quantitative estimate of drug-likeness (QED) is 0.385. The lowest BCUT2D eigenvalue weighted by Crippen LogP contribution is -2.29. The van der Waals surface area contributed by atoms with Gasteiger partial charge < -0.3 is 0 Å². The molecule has 1 heterocycles. The minimum atomic E-state index is -0.364. The fraction of sp³-hybridized carbons (Fsp3) is 0.0769. The Labute approximate surface area is 178 Å². The second kappa shape index (κ2) is 7.76. The molecule has 1 atom stereocenters. The molecule has 4 aromatic rings. The van der Waals surface area contributed by atoms with Crippen LogP contribution in [0.25, 0.3) is 10.8 Å². The predicted octanol–water partition coefficient (Wildman–Crippen LogP) is 6.37. The van der Waals surface area contributed by atoms with Crippen molar-refractivity contribution in [1.82, 2.24) is 0 Å². The van der Waals surface area contributed by atoms with Crippen LogP contribution in [0.5, 0.6) is 0 Å². The van der Waals surface area contributed by atoms with Gasteiger partial charge in [-0.2, -0.15) is 0 Å². The molecule has 1 aliphatic heterocycles. The largest absolute Gasteiger partial charge is 0.299 e. The first-order chi connectivity index (χ1) is 15.1. The number of carbonyl (C=O) groups excluding carboxylic acids is 1. The highest BCUT2D eigenvalue weighted by Crippen LogP contribution is 2.39. The Kier molecular flexibility index (Phi) is 4.79. The summed E-state index contributed by atoms with van der Waals surface area (Å²) < 4.78 is 26.8. The number of amides is 1. The molecule has 1 saturated heterocycles. The van der Waals surface area contributed by atoms with Crippen molar-refractivity contribution in [3.63, 3.8) is 0 Å². The van der Waals surface area contributed by atoms with E-state index in [9.17, 15) is 13.6 Å². The van der Waals surface area contributed by atoms with Gasteiger partial charge in [0.15, 0.2) is 0 Å². The molecule has 1 fully saturated rings. The molecule has 0 N–H and O–H groups in total. The number of hydrogen-bond donors (Lipinski definition) is 0. The zero-order valence-electron chi connectivity index (χ0n) is 16.5. The number of nitrogens with zero attached hydrogens (tertiary/aromatic N) is 2. The highest BCUT2D eigenvalue weighted by Gasteiger charge is 2.39. The lowest BCUT2D eigenvalue weighted by Gasteiger charge is -2.25. The molecule has 3 nitrogen and oxygen atoms in total. The van der Waals surface area contributed by atoms with E-state index in [4.69, 9.17) is 0 Å². The Morgan fingerprint density at radius 3 is 2.16 bits per heavy atom. The topological polar surface area (TPSA) is 32.7 Å². The van der Waals surface area contributed by atoms with Crippen molar-refractivity contribution < 1.29 is 13.6 Å². The first kappa shape index (κ1) is 19.1. The second-order valence-corrected chi connectivity index (χ2v) is 7.47. The third-order valence-corrected chi connectivity index (χ3v) is 5.54. The maximum absolute atomic E-state index is 13.5. The van der Waals surface area contributed by atoms with Crippen LogP contribution in [0.2, 0.25) is 0 Å². The van der Waals surface area contributed by atoms with Crippen LogP contribution in [0.1, 0.15) is 18.0 Å². The first-order valence-electron chi connectivity index (χ1n) is 10.00. The summed E-state index contributed by atoms with van der Waals surface area (Å²) in [5, 5.41) is 2.13. The summed E-state index contributed by atoms with van der Waals surface area (Å²) in [6.45, 7) is 0. The van der Waals surface area contributed by atoms with Crippen molar-refractivity contribution in [1.29, 1.82) is 0 Å². The molecule has 0 spiro atoms. The molecule has 0 bridgehead atoms. The van der Waals surface area contributed by atoms with Gasteiger partial charge in [-0.15, -0.1) is 0 Å². The zero-order valence-corrected chi connectivity index (χ0v) is 16.5. The van der Waals surface area contributed by atoms with Gasteiger partial charge in [0.05, 0.1) is 11.7 Å². The van der Waals surface area contributed by atoms with Gasteiger partial charge >= 0.3 is 0 Å². The Bertz CT molecular complexity index is 1290. The molecule has 0 saturated carbocycles. The van der Waals surface area contributed by atoms with E-state index >= 15 is 0 Å². The number of anilines is 1. The van der Waals surface area contributed by atoms with Crippen LogP contribution in [0.4, 0.5) is 20.2 Å². The Balaban J connectivity index is 1.64. The van der Waals surface area contributed by atoms with Gasteiger partial charge in [0.2, 0.25) is 0 Å². The van der Waals surface area contributed by atoms with Gasteiger partial charge in [-0.1, -0.05) is 42.5 Å². The van der Waals surface area contributed by atoms with Crippen LogP contribution in [-0.4, -0.2) is 11.6 Å². The third-order valence-electron chi connectivity index (χ3n) is 5.54. The van der Waals surface area contributed by atoms with E-state index in [-0.39, 0.29) is 23.6 Å². The SMILES string of the molecule is O=C1C(=Nc2ccc(F)cc2)CC(c2cccc3ccccc23)N1c1ccc(F)cc1. The predicted molar refractivity (Wildman–Crippen MR) is 119 cm³/mol. The summed E-state index contributed by atoms with van der Waals surface area (Å²) in [4.78, 5) is 19.6. The Morgan fingerprint density at radius 1 is 0.774 bits per heavy atom. The molecule has 1 amide bonds. The van der Waals surface area contributed by atoms with Crippen molar-refractivity contribution in [3.05, 3.63) is 108 Å². The van der Waals surface area contributed by atoms with E-state index in [1.54, 1.807) is 29.2 Å². The summed E-state index contributed by atoms with van der Waals surface area (Å²) in [6.07, 6.45) is 0.390. The summed E-state index contributed by atoms with van der Waals surface area (Å²) in [5.74, 6) is -0.963. The lowest BCUT2D eigenvalue weighted by atomic mass is 9.96. The molecule has 1 aliphatic rings. The highest BCUT2D eigenvalue weighted by atomic mass is 19.1. The Morgan fingerprint density at radius 2 is 1.42 bits per heavy atom. The number of hydrogen-bond acceptors (Lipinski definition) is 2. The lowest BCUT2D eigenvalue weighted by molar-refractivity contribution is -0.112. The number of aliphatic imine (C=N–C) groups is 1. The van der Waals surface area contributed by atoms with Crippen LogP contribution < -0.4 is 4.90 Å². The van der Waals surface area contributed by atoms with Gasteiger partial charge in [0.25, 0.3) is 5.91 Å². The van der Waals surface area contributed by atoms with Gasteiger partial charge in [-0.05, 0) is 64.9 Å². The first-order valence-corrected chi connectivity index (χ1v) is 10.00. The van der Waals surface area contributed by atoms with E-state index < -0.39 is 0 Å². The summed E-state index contributed by atoms with van der Waals surface area (Å²) in [6, 6.07) is 25.4. The normalized spacial score (nSPS) is 17.6. The average molecular weight is 412 g/mol.